The Morgan fingerprint density at radius 3 is 2.33 bits per heavy atom. The molecule has 4 atom stereocenters. The highest BCUT2D eigenvalue weighted by Gasteiger charge is 2.65. The van der Waals surface area contributed by atoms with Crippen LogP contribution in [0, 0.1) is 25.7 Å². The van der Waals surface area contributed by atoms with Gasteiger partial charge in [-0.2, -0.15) is 0 Å². The van der Waals surface area contributed by atoms with Crippen LogP contribution in [0.2, 0.25) is 0 Å². The van der Waals surface area contributed by atoms with Gasteiger partial charge in [0.1, 0.15) is 11.3 Å². The number of furan rings is 1. The molecule has 0 radical (unpaired) electrons. The van der Waals surface area contributed by atoms with E-state index in [0.29, 0.717) is 5.76 Å². The lowest BCUT2D eigenvalue weighted by molar-refractivity contribution is -0.159. The second-order valence-corrected chi connectivity index (χ2v) is 11.9. The number of carbonyl (C=O) groups is 3. The van der Waals surface area contributed by atoms with E-state index < -0.39 is 29.4 Å². The number of hydrogen-bond acceptors (Lipinski definition) is 5. The first-order valence-corrected chi connectivity index (χ1v) is 14.6. The van der Waals surface area contributed by atoms with E-state index in [1.807, 2.05) is 60.9 Å². The minimum Gasteiger partial charge on any atom is -0.479 e. The molecule has 2 aromatic heterocycles. The molecule has 3 heterocycles. The monoisotopic (exact) mass is 545 g/mol. The van der Waals surface area contributed by atoms with Crippen LogP contribution in [0.1, 0.15) is 77.3 Å². The maximum Gasteiger partial charge on any atom is 0.330 e. The molecule has 1 saturated heterocycles. The Morgan fingerprint density at radius 1 is 1.03 bits per heavy atom. The summed E-state index contributed by atoms with van der Waals surface area (Å²) in [6.45, 7) is 5.34. The summed E-state index contributed by atoms with van der Waals surface area (Å²) in [6, 6.07) is 14.2. The predicted octanol–water partition coefficient (Wildman–Crippen LogP) is 6.89. The molecule has 1 aliphatic heterocycles. The normalized spacial score (nSPS) is 25.8. The molecule has 1 aromatic carbocycles. The average molecular weight is 546 g/mol. The number of ketones is 1. The number of amides is 1. The first kappa shape index (κ1) is 27.1. The summed E-state index contributed by atoms with van der Waals surface area (Å²) in [4.78, 5) is 44.3. The Balaban J connectivity index is 1.72. The maximum atomic E-state index is 14.3. The van der Waals surface area contributed by atoms with Gasteiger partial charge < -0.3 is 14.4 Å². The smallest absolute Gasteiger partial charge is 0.330 e. The minimum absolute atomic E-state index is 0.174. The van der Waals surface area contributed by atoms with Crippen LogP contribution in [0.3, 0.4) is 0 Å². The lowest BCUT2D eigenvalue weighted by Crippen LogP contribution is -2.57. The van der Waals surface area contributed by atoms with Gasteiger partial charge in [0.05, 0.1) is 12.0 Å². The maximum absolute atomic E-state index is 14.3. The van der Waals surface area contributed by atoms with Crippen molar-refractivity contribution in [2.75, 3.05) is 0 Å². The average Bonchev–Trinajstić information content (AvgIpc) is 3.63. The van der Waals surface area contributed by atoms with Crippen molar-refractivity contribution in [3.8, 4) is 0 Å². The number of nitrogens with zero attached hydrogens (tertiary/aromatic N) is 1. The number of benzene rings is 1. The fourth-order valence-corrected chi connectivity index (χ4v) is 7.66. The van der Waals surface area contributed by atoms with Gasteiger partial charge in [-0.1, -0.05) is 61.7 Å². The Labute approximate surface area is 233 Å². The van der Waals surface area contributed by atoms with Gasteiger partial charge in [0.15, 0.2) is 5.76 Å². The minimum atomic E-state index is -1.63. The van der Waals surface area contributed by atoms with E-state index in [-0.39, 0.29) is 23.4 Å². The number of likely N-dealkylation sites (tertiary alicyclic amines) is 1. The number of Topliss-reactive ketones (excluding diaryl/α,β-unsaturated/α-hetero) is 1. The molecule has 39 heavy (non-hydrogen) atoms. The van der Waals surface area contributed by atoms with Crippen LogP contribution in [-0.2, 0) is 9.59 Å². The third kappa shape index (κ3) is 4.89. The molecule has 1 N–H and O–H groups in total. The van der Waals surface area contributed by atoms with Crippen LogP contribution in [0.4, 0.5) is 0 Å². The summed E-state index contributed by atoms with van der Waals surface area (Å²) in [5.74, 6) is -2.60. The molecule has 5 rings (SSSR count). The highest BCUT2D eigenvalue weighted by Crippen LogP contribution is 2.54. The summed E-state index contributed by atoms with van der Waals surface area (Å²) < 4.78 is 5.78. The van der Waals surface area contributed by atoms with Crippen LogP contribution >= 0.6 is 11.3 Å². The van der Waals surface area contributed by atoms with Crippen molar-refractivity contribution in [1.82, 2.24) is 4.90 Å². The Morgan fingerprint density at radius 2 is 1.74 bits per heavy atom. The van der Waals surface area contributed by atoms with E-state index in [1.54, 1.807) is 30.9 Å². The number of aryl methyl sites for hydroxylation is 2. The van der Waals surface area contributed by atoms with Crippen molar-refractivity contribution < 1.29 is 23.9 Å². The van der Waals surface area contributed by atoms with Gasteiger partial charge in [-0.3, -0.25) is 9.59 Å². The molecule has 1 aliphatic carbocycles. The van der Waals surface area contributed by atoms with Crippen LogP contribution < -0.4 is 0 Å². The van der Waals surface area contributed by atoms with Crippen molar-refractivity contribution >= 4 is 35.1 Å². The fraction of sp³-hybridized carbons (Fsp3) is 0.406. The van der Waals surface area contributed by atoms with Gasteiger partial charge in [-0.25, -0.2) is 4.79 Å². The van der Waals surface area contributed by atoms with Gasteiger partial charge in [-0.05, 0) is 68.3 Å². The lowest BCUT2D eigenvalue weighted by atomic mass is 9.75. The lowest BCUT2D eigenvalue weighted by Gasteiger charge is -2.39. The Kier molecular flexibility index (Phi) is 7.63. The molecule has 4 unspecified atom stereocenters. The predicted molar refractivity (Wildman–Crippen MR) is 152 cm³/mol. The molecule has 1 saturated carbocycles. The molecule has 7 heteroatoms. The van der Waals surface area contributed by atoms with Gasteiger partial charge in [-0.15, -0.1) is 11.3 Å². The molecule has 2 fully saturated rings. The van der Waals surface area contributed by atoms with Crippen molar-refractivity contribution in [2.24, 2.45) is 11.8 Å². The van der Waals surface area contributed by atoms with E-state index >= 15 is 0 Å². The van der Waals surface area contributed by atoms with Crippen molar-refractivity contribution in [3.63, 3.8) is 0 Å². The van der Waals surface area contributed by atoms with Crippen molar-refractivity contribution in [2.45, 2.75) is 70.4 Å². The molecular weight excluding hydrogens is 510 g/mol. The summed E-state index contributed by atoms with van der Waals surface area (Å²) in [7, 11) is 0. The fourth-order valence-electron chi connectivity index (χ4n) is 6.46. The largest absolute Gasteiger partial charge is 0.479 e. The van der Waals surface area contributed by atoms with E-state index in [0.717, 1.165) is 48.1 Å². The first-order chi connectivity index (χ1) is 18.7. The highest BCUT2D eigenvalue weighted by atomic mass is 32.1. The van der Waals surface area contributed by atoms with E-state index in [1.165, 1.54) is 11.3 Å². The highest BCUT2D eigenvalue weighted by molar-refractivity contribution is 7.10. The number of thiophene rings is 1. The molecule has 3 aromatic rings. The van der Waals surface area contributed by atoms with Crippen LogP contribution in [-0.4, -0.2) is 39.2 Å². The molecule has 204 valence electrons. The third-order valence-corrected chi connectivity index (χ3v) is 9.61. The molecule has 1 amide bonds. The van der Waals surface area contributed by atoms with Gasteiger partial charge >= 0.3 is 5.97 Å². The summed E-state index contributed by atoms with van der Waals surface area (Å²) >= 11 is 1.45. The number of aliphatic carboxylic acids is 1. The number of carboxylic acids is 1. The van der Waals surface area contributed by atoms with Crippen molar-refractivity contribution in [3.05, 3.63) is 87.5 Å². The second kappa shape index (κ2) is 11.0. The number of hydrogen-bond donors (Lipinski definition) is 1. The van der Waals surface area contributed by atoms with Crippen LogP contribution in [0.15, 0.2) is 64.4 Å². The summed E-state index contributed by atoms with van der Waals surface area (Å²) in [5.41, 5.74) is 0.205. The number of carboxylic acid groups (broad SMARTS) is 1. The second-order valence-electron chi connectivity index (χ2n) is 11.0. The summed E-state index contributed by atoms with van der Waals surface area (Å²) in [6.07, 6.45) is 8.19. The Bertz CT molecular complexity index is 1380. The van der Waals surface area contributed by atoms with Gasteiger partial charge in [0.25, 0.3) is 0 Å². The first-order valence-electron chi connectivity index (χ1n) is 13.7. The van der Waals surface area contributed by atoms with Crippen LogP contribution in [0.25, 0.3) is 6.08 Å². The number of carbonyl (C=O) groups excluding carboxylic acids is 2. The molecule has 6 nitrogen and oxygen atoms in total. The SMILES string of the molecule is Cc1ccc(C(=O)C2C(C=Cc3ccccc3)N(C(=O)C3CCCCC3)C(C)(C(=O)O)C2c2sccc2C)o1. The Hall–Kier alpha value is -3.45. The van der Waals surface area contributed by atoms with E-state index in [2.05, 4.69) is 0 Å². The van der Waals surface area contributed by atoms with Crippen LogP contribution in [0.5, 0.6) is 0 Å². The van der Waals surface area contributed by atoms with E-state index in [9.17, 15) is 19.5 Å². The number of rotatable bonds is 7. The van der Waals surface area contributed by atoms with Gasteiger partial charge in [0, 0.05) is 16.7 Å². The van der Waals surface area contributed by atoms with Gasteiger partial charge in [0.2, 0.25) is 11.7 Å². The summed E-state index contributed by atoms with van der Waals surface area (Å²) in [5, 5.41) is 12.8. The third-order valence-electron chi connectivity index (χ3n) is 8.51. The molecule has 2 aliphatic rings. The standard InChI is InChI=1S/C32H35NO5S/c1-20-18-19-39-29(20)27-26(28(34)25-17-14-21(2)38-25)24(16-15-22-10-6-4-7-11-22)33(32(27,3)31(36)37)30(35)23-12-8-5-9-13-23/h4,6-7,10-11,14-19,23-24,26-27H,5,8-9,12-13H2,1-3H3,(H,36,37). The van der Waals surface area contributed by atoms with Crippen molar-refractivity contribution in [1.29, 1.82) is 0 Å². The molecular formula is C32H35NO5S. The van der Waals surface area contributed by atoms with E-state index in [4.69, 9.17) is 4.42 Å². The zero-order chi connectivity index (χ0) is 27.7. The zero-order valence-corrected chi connectivity index (χ0v) is 23.4. The quantitative estimate of drug-likeness (QED) is 0.327. The molecule has 0 bridgehead atoms. The zero-order valence-electron chi connectivity index (χ0n) is 22.6. The molecule has 0 spiro atoms. The topological polar surface area (TPSA) is 87.8 Å².